The van der Waals surface area contributed by atoms with E-state index in [4.69, 9.17) is 15.0 Å². The second-order valence-electron chi connectivity index (χ2n) is 14.1. The molecule has 2 heterocycles. The predicted molar refractivity (Wildman–Crippen MR) is 237 cm³/mol. The summed E-state index contributed by atoms with van der Waals surface area (Å²) in [6, 6.07) is 73.9. The molecule has 0 aliphatic carbocycles. The molecule has 2 aromatic heterocycles. The van der Waals surface area contributed by atoms with Gasteiger partial charge in [-0.15, -0.1) is 0 Å². The number of aromatic nitrogens is 3. The monoisotopic (exact) mass is 728 g/mol. The minimum atomic E-state index is 0.694. The third-order valence-corrected chi connectivity index (χ3v) is 10.5. The number of rotatable bonds is 8. The molecule has 0 unspecified atom stereocenters. The van der Waals surface area contributed by atoms with Crippen LogP contribution in [0.4, 0.5) is 11.4 Å². The van der Waals surface area contributed by atoms with Crippen LogP contribution >= 0.6 is 0 Å². The highest BCUT2D eigenvalue weighted by molar-refractivity contribution is 6.19. The zero-order valence-corrected chi connectivity index (χ0v) is 31.0. The molecule has 4 nitrogen and oxygen atoms in total. The Kier molecular flexibility index (Phi) is 8.82. The number of hydrogen-bond donors (Lipinski definition) is 1. The number of hydrogen-bond acceptors (Lipinski definition) is 4. The third kappa shape index (κ3) is 6.70. The van der Waals surface area contributed by atoms with Gasteiger partial charge in [0.1, 0.15) is 0 Å². The average molecular weight is 729 g/mol. The Morgan fingerprint density at radius 3 is 1.54 bits per heavy atom. The number of pyridine rings is 1. The molecular weight excluding hydrogens is 693 g/mol. The van der Waals surface area contributed by atoms with Crippen LogP contribution in [0.5, 0.6) is 0 Å². The largest absolute Gasteiger partial charge is 0.354 e. The Balaban J connectivity index is 1.08. The van der Waals surface area contributed by atoms with Crippen LogP contribution in [0.15, 0.2) is 212 Å². The van der Waals surface area contributed by atoms with Gasteiger partial charge < -0.3 is 5.32 Å². The van der Waals surface area contributed by atoms with E-state index in [2.05, 4.69) is 169 Å². The zero-order valence-electron chi connectivity index (χ0n) is 31.0. The second-order valence-corrected chi connectivity index (χ2v) is 14.1. The first-order chi connectivity index (χ1) is 28.2. The molecule has 4 heteroatoms. The topological polar surface area (TPSA) is 50.7 Å². The van der Waals surface area contributed by atoms with E-state index < -0.39 is 0 Å². The van der Waals surface area contributed by atoms with Crippen LogP contribution in [0.2, 0.25) is 0 Å². The van der Waals surface area contributed by atoms with Crippen molar-refractivity contribution in [3.05, 3.63) is 212 Å². The first kappa shape index (κ1) is 33.8. The fraction of sp³-hybridized carbons (Fsp3) is 0. The first-order valence-electron chi connectivity index (χ1n) is 19.2. The van der Waals surface area contributed by atoms with Crippen molar-refractivity contribution in [2.75, 3.05) is 5.32 Å². The molecule has 0 atom stereocenters. The van der Waals surface area contributed by atoms with Crippen LogP contribution < -0.4 is 5.32 Å². The molecule has 8 aromatic carbocycles. The number of fused-ring (bicyclic) bond motifs is 3. The van der Waals surface area contributed by atoms with E-state index in [-0.39, 0.29) is 0 Å². The van der Waals surface area contributed by atoms with Crippen molar-refractivity contribution in [2.45, 2.75) is 0 Å². The van der Waals surface area contributed by atoms with Crippen LogP contribution in [-0.2, 0) is 0 Å². The van der Waals surface area contributed by atoms with Crippen molar-refractivity contribution in [2.24, 2.45) is 0 Å². The lowest BCUT2D eigenvalue weighted by Crippen LogP contribution is -1.98. The molecule has 0 amide bonds. The summed E-state index contributed by atoms with van der Waals surface area (Å²) in [4.78, 5) is 15.3. The average Bonchev–Trinajstić information content (AvgIpc) is 3.30. The summed E-state index contributed by atoms with van der Waals surface area (Å²) in [6.45, 7) is 0. The Morgan fingerprint density at radius 1 is 0.333 bits per heavy atom. The highest BCUT2D eigenvalue weighted by atomic mass is 14.9. The maximum absolute atomic E-state index is 5.21. The van der Waals surface area contributed by atoms with E-state index in [0.717, 1.165) is 94.6 Å². The highest BCUT2D eigenvalue weighted by Crippen LogP contribution is 2.44. The summed E-state index contributed by atoms with van der Waals surface area (Å²) in [7, 11) is 0. The van der Waals surface area contributed by atoms with E-state index in [1.54, 1.807) is 0 Å². The molecule has 10 aromatic rings. The van der Waals surface area contributed by atoms with Crippen LogP contribution in [0.25, 0.3) is 89.1 Å². The molecule has 57 heavy (non-hydrogen) atoms. The standard InChI is InChI=1S/C53H36N4/c1-5-16-37(17-6-1)48-35-49(38-18-7-2-8-19-38)57-53(56-48)40-30-28-36(29-31-40)41-22-15-23-42(34-41)44-32-33-46-50(52(44)54-43-24-11-4-12-25-43)45-26-13-14-27-47(45)55-51(46)39-20-9-3-10-21-39/h1-35,54H. The quantitative estimate of drug-likeness (QED) is 0.158. The number of nitrogens with one attached hydrogen (secondary N) is 1. The van der Waals surface area contributed by atoms with Gasteiger partial charge >= 0.3 is 0 Å². The summed E-state index contributed by atoms with van der Waals surface area (Å²) in [5, 5.41) is 7.21. The predicted octanol–water partition coefficient (Wildman–Crippen LogP) is 13.9. The summed E-state index contributed by atoms with van der Waals surface area (Å²) >= 11 is 0. The van der Waals surface area contributed by atoms with Gasteiger partial charge in [-0.3, -0.25) is 0 Å². The van der Waals surface area contributed by atoms with Crippen molar-refractivity contribution < 1.29 is 0 Å². The van der Waals surface area contributed by atoms with E-state index >= 15 is 0 Å². The summed E-state index contributed by atoms with van der Waals surface area (Å²) < 4.78 is 0. The van der Waals surface area contributed by atoms with Gasteiger partial charge in [0.15, 0.2) is 5.82 Å². The van der Waals surface area contributed by atoms with E-state index in [9.17, 15) is 0 Å². The lowest BCUT2D eigenvalue weighted by atomic mass is 9.92. The summed E-state index contributed by atoms with van der Waals surface area (Å²) in [5.41, 5.74) is 14.4. The van der Waals surface area contributed by atoms with Gasteiger partial charge in [0.2, 0.25) is 0 Å². The molecular formula is C53H36N4. The van der Waals surface area contributed by atoms with Crippen LogP contribution in [0.3, 0.4) is 0 Å². The fourth-order valence-corrected chi connectivity index (χ4v) is 7.66. The van der Waals surface area contributed by atoms with Gasteiger partial charge in [0.25, 0.3) is 0 Å². The maximum atomic E-state index is 5.21. The smallest absolute Gasteiger partial charge is 0.160 e. The van der Waals surface area contributed by atoms with E-state index in [0.29, 0.717) is 5.82 Å². The molecule has 0 aliphatic heterocycles. The Labute approximate surface area is 331 Å². The van der Waals surface area contributed by atoms with E-state index in [1.807, 2.05) is 48.5 Å². The normalized spacial score (nSPS) is 11.2. The first-order valence-corrected chi connectivity index (χ1v) is 19.2. The molecule has 1 N–H and O–H groups in total. The Morgan fingerprint density at radius 2 is 0.877 bits per heavy atom. The lowest BCUT2D eigenvalue weighted by molar-refractivity contribution is 1.18. The van der Waals surface area contributed by atoms with Crippen molar-refractivity contribution >= 4 is 33.1 Å². The number of para-hydroxylation sites is 2. The Bertz CT molecular complexity index is 2940. The van der Waals surface area contributed by atoms with Gasteiger partial charge in [-0.25, -0.2) is 15.0 Å². The van der Waals surface area contributed by atoms with Crippen LogP contribution in [0, 0.1) is 0 Å². The third-order valence-electron chi connectivity index (χ3n) is 10.5. The molecule has 0 bridgehead atoms. The van der Waals surface area contributed by atoms with Crippen molar-refractivity contribution in [1.29, 1.82) is 0 Å². The number of nitrogens with zero attached hydrogens (tertiary/aromatic N) is 3. The molecule has 0 saturated heterocycles. The number of anilines is 2. The Hall–Kier alpha value is -7.69. The van der Waals surface area contributed by atoms with Crippen molar-refractivity contribution in [3.8, 4) is 67.4 Å². The molecule has 0 radical (unpaired) electrons. The molecule has 10 rings (SSSR count). The second kappa shape index (κ2) is 14.9. The highest BCUT2D eigenvalue weighted by Gasteiger charge is 2.18. The minimum absolute atomic E-state index is 0.694. The lowest BCUT2D eigenvalue weighted by Gasteiger charge is -2.19. The fourth-order valence-electron chi connectivity index (χ4n) is 7.66. The minimum Gasteiger partial charge on any atom is -0.354 e. The molecule has 0 saturated carbocycles. The molecule has 0 spiro atoms. The zero-order chi connectivity index (χ0) is 38.0. The summed E-state index contributed by atoms with van der Waals surface area (Å²) in [5.74, 6) is 0.694. The van der Waals surface area contributed by atoms with Gasteiger partial charge in [0, 0.05) is 49.7 Å². The molecule has 0 aliphatic rings. The van der Waals surface area contributed by atoms with Gasteiger partial charge in [-0.2, -0.15) is 0 Å². The van der Waals surface area contributed by atoms with Gasteiger partial charge in [-0.1, -0.05) is 182 Å². The summed E-state index contributed by atoms with van der Waals surface area (Å²) in [6.07, 6.45) is 0. The molecule has 268 valence electrons. The maximum Gasteiger partial charge on any atom is 0.160 e. The van der Waals surface area contributed by atoms with Crippen molar-refractivity contribution in [1.82, 2.24) is 15.0 Å². The van der Waals surface area contributed by atoms with Gasteiger partial charge in [0.05, 0.1) is 28.3 Å². The van der Waals surface area contributed by atoms with Crippen molar-refractivity contribution in [3.63, 3.8) is 0 Å². The molecule has 0 fully saturated rings. The van der Waals surface area contributed by atoms with Crippen LogP contribution in [-0.4, -0.2) is 15.0 Å². The van der Waals surface area contributed by atoms with Crippen LogP contribution in [0.1, 0.15) is 0 Å². The van der Waals surface area contributed by atoms with Gasteiger partial charge in [-0.05, 0) is 47.0 Å². The van der Waals surface area contributed by atoms with E-state index in [1.165, 1.54) is 0 Å². The number of benzene rings is 8. The SMILES string of the molecule is c1ccc(Nc2c(-c3cccc(-c4ccc(-c5nc(-c6ccccc6)cc(-c6ccccc6)n5)cc4)c3)ccc3c(-c4ccccc4)nc4ccccc4c23)cc1.